The summed E-state index contributed by atoms with van der Waals surface area (Å²) in [5.74, 6) is -2.30. The first-order valence-corrected chi connectivity index (χ1v) is 18.3. The van der Waals surface area contributed by atoms with E-state index in [1.54, 1.807) is 30.3 Å². The van der Waals surface area contributed by atoms with Gasteiger partial charge in [-0.3, -0.25) is 9.59 Å². The van der Waals surface area contributed by atoms with E-state index in [9.17, 15) is 24.2 Å². The SMILES string of the molecule is C=C(NB(C)O)C(=O)OC.COC(=O)/C(=C/c1cccc(N)c1)NB(C)O.COC(=O)C(CO)NB(C)O.COC(=O)C(N)CO.Cl.ClCCl.Nc1cccc(I)c1. The fourth-order valence-electron chi connectivity index (χ4n) is 3.11. The van der Waals surface area contributed by atoms with Crippen molar-refractivity contribution >= 4 is 121 Å². The Labute approximate surface area is 370 Å². The number of benzene rings is 2. The summed E-state index contributed by atoms with van der Waals surface area (Å²) < 4.78 is 18.6. The zero-order valence-corrected chi connectivity index (χ0v) is 37.7. The molecule has 58 heavy (non-hydrogen) atoms. The van der Waals surface area contributed by atoms with Crippen LogP contribution >= 0.6 is 58.2 Å². The predicted molar refractivity (Wildman–Crippen MR) is 240 cm³/mol. The standard InChI is InChI=1S/C11H15BN2O3.C6H6IN.C5H12BNO4.C5H10BNO3.C4H9NO3.CH2Cl2.ClH/c1-12(16)14-10(11(15)17-2)7-8-4-3-5-9(13)6-8;7-5-2-1-3-6(8)4-5;1-6(10)7-4(3-8)5(9)11-2;1-4(5(8)10-3)7-6(2)9;1-8-4(7)3(5)2-6;2-1-3;/h3-7,14,16H,13H2,1-2H3;1-4H,8H2;4,7-8,10H,3H2,1-2H3;7,9H,1H2,2-3H3;3,6H,2,5H2,1H3;1H2;1H/b10-7-;;;;;;. The third-order valence-electron chi connectivity index (χ3n) is 5.47. The van der Waals surface area contributed by atoms with Gasteiger partial charge in [-0.05, 0) is 85.0 Å². The second-order valence-electron chi connectivity index (χ2n) is 10.4. The summed E-state index contributed by atoms with van der Waals surface area (Å²) >= 11 is 11.8. The van der Waals surface area contributed by atoms with Gasteiger partial charge in [0.15, 0.2) is 0 Å². The number of nitrogen functional groups attached to an aromatic ring is 2. The van der Waals surface area contributed by atoms with Crippen molar-refractivity contribution < 1.29 is 63.4 Å². The number of carbonyl (C=O) groups is 4. The van der Waals surface area contributed by atoms with Gasteiger partial charge in [0.25, 0.3) is 0 Å². The van der Waals surface area contributed by atoms with Crippen LogP contribution in [-0.2, 0) is 38.1 Å². The average Bonchev–Trinajstić information content (AvgIpc) is 3.15. The molecule has 19 nitrogen and oxygen atoms in total. The lowest BCUT2D eigenvalue weighted by Gasteiger charge is -2.13. The lowest BCUT2D eigenvalue weighted by molar-refractivity contribution is -0.144. The van der Waals surface area contributed by atoms with E-state index in [4.69, 9.17) is 60.7 Å². The molecule has 2 aromatic rings. The Bertz CT molecular complexity index is 1460. The van der Waals surface area contributed by atoms with Crippen LogP contribution in [0.4, 0.5) is 11.4 Å². The highest BCUT2D eigenvalue weighted by Crippen LogP contribution is 2.11. The number of carbonyl (C=O) groups excluding carboxylic acids is 4. The summed E-state index contributed by atoms with van der Waals surface area (Å²) in [6.07, 6.45) is 1.56. The molecular formula is C32H55B3Cl3IN6O13. The molecule has 2 atom stereocenters. The normalized spacial score (nSPS) is 10.3. The molecule has 0 saturated carbocycles. The zero-order chi connectivity index (χ0) is 45.1. The number of aliphatic hydroxyl groups is 2. The van der Waals surface area contributed by atoms with Crippen molar-refractivity contribution in [3.63, 3.8) is 0 Å². The van der Waals surface area contributed by atoms with Gasteiger partial charge in [-0.1, -0.05) is 24.8 Å². The molecule has 2 rings (SSSR count). The molecule has 328 valence electrons. The predicted octanol–water partition coefficient (Wildman–Crippen LogP) is 0.272. The first-order valence-electron chi connectivity index (χ1n) is 16.2. The Morgan fingerprint density at radius 1 is 0.793 bits per heavy atom. The van der Waals surface area contributed by atoms with Crippen molar-refractivity contribution in [1.29, 1.82) is 0 Å². The number of hydrogen-bond acceptors (Lipinski definition) is 19. The maximum absolute atomic E-state index is 11.4. The Morgan fingerprint density at radius 3 is 1.57 bits per heavy atom. The van der Waals surface area contributed by atoms with Gasteiger partial charge < -0.3 is 77.1 Å². The van der Waals surface area contributed by atoms with Crippen LogP contribution < -0.4 is 32.9 Å². The molecule has 0 aliphatic carbocycles. The minimum absolute atomic E-state index is 0. The number of halogens is 4. The topological polar surface area (TPSA) is 320 Å². The van der Waals surface area contributed by atoms with Crippen LogP contribution in [0.2, 0.25) is 20.5 Å². The number of anilines is 2. The maximum atomic E-state index is 11.4. The minimum Gasteiger partial charge on any atom is -0.468 e. The molecule has 0 aliphatic heterocycles. The summed E-state index contributed by atoms with van der Waals surface area (Å²) in [7, 11) is 2.49. The molecule has 0 heterocycles. The molecular weight excluding hydrogens is 942 g/mol. The van der Waals surface area contributed by atoms with E-state index >= 15 is 0 Å². The number of esters is 4. The first-order chi connectivity index (χ1) is 26.6. The van der Waals surface area contributed by atoms with Crippen molar-refractivity contribution in [2.45, 2.75) is 32.6 Å². The lowest BCUT2D eigenvalue weighted by atomic mass is 9.87. The largest absolute Gasteiger partial charge is 0.468 e. The summed E-state index contributed by atoms with van der Waals surface area (Å²) in [4.78, 5) is 43.0. The van der Waals surface area contributed by atoms with Crippen molar-refractivity contribution in [2.75, 3.05) is 58.5 Å². The van der Waals surface area contributed by atoms with Crippen molar-refractivity contribution in [3.05, 3.63) is 75.6 Å². The Kier molecular flexibility index (Phi) is 44.2. The van der Waals surface area contributed by atoms with E-state index < -0.39 is 63.7 Å². The highest BCUT2D eigenvalue weighted by molar-refractivity contribution is 14.1. The van der Waals surface area contributed by atoms with E-state index in [2.05, 4.69) is 63.8 Å². The fourth-order valence-corrected chi connectivity index (χ4v) is 3.67. The summed E-state index contributed by atoms with van der Waals surface area (Å²) in [5, 5.41) is 51.1. The van der Waals surface area contributed by atoms with Crippen LogP contribution in [0, 0.1) is 3.57 Å². The molecule has 0 aliphatic rings. The maximum Gasteiger partial charge on any atom is 0.407 e. The average molecular weight is 998 g/mol. The summed E-state index contributed by atoms with van der Waals surface area (Å²) in [5.41, 5.74) is 18.5. The van der Waals surface area contributed by atoms with Gasteiger partial charge in [-0.25, -0.2) is 9.59 Å². The zero-order valence-electron chi connectivity index (χ0n) is 33.2. The Hall–Kier alpha value is -3.49. The number of hydrogen-bond donors (Lipinski definition) is 11. The van der Waals surface area contributed by atoms with E-state index in [0.717, 1.165) is 11.3 Å². The first kappa shape index (κ1) is 63.7. The number of nitrogens with one attached hydrogen (secondary N) is 3. The number of alkyl halides is 2. The monoisotopic (exact) mass is 996 g/mol. The molecule has 0 aromatic heterocycles. The van der Waals surface area contributed by atoms with Gasteiger partial charge in [0.1, 0.15) is 23.5 Å². The molecule has 2 unspecified atom stereocenters. The van der Waals surface area contributed by atoms with Crippen LogP contribution in [0.3, 0.4) is 0 Å². The van der Waals surface area contributed by atoms with Gasteiger partial charge in [0.05, 0.1) is 47.0 Å². The number of aliphatic hydroxyl groups excluding tert-OH is 2. The summed E-state index contributed by atoms with van der Waals surface area (Å²) in [6.45, 7) is 7.00. The van der Waals surface area contributed by atoms with Gasteiger partial charge in [0.2, 0.25) is 0 Å². The van der Waals surface area contributed by atoms with Crippen molar-refractivity contribution in [2.24, 2.45) is 5.73 Å². The molecule has 0 spiro atoms. The van der Waals surface area contributed by atoms with Crippen LogP contribution in [0.1, 0.15) is 5.56 Å². The second kappa shape index (κ2) is 40.3. The highest BCUT2D eigenvalue weighted by Gasteiger charge is 2.20. The highest BCUT2D eigenvalue weighted by atomic mass is 127. The third-order valence-corrected chi connectivity index (χ3v) is 6.14. The molecule has 0 amide bonds. The van der Waals surface area contributed by atoms with Gasteiger partial charge in [-0.15, -0.1) is 35.6 Å². The number of nitrogens with two attached hydrogens (primary N) is 3. The van der Waals surface area contributed by atoms with Crippen molar-refractivity contribution in [1.82, 2.24) is 15.7 Å². The number of rotatable bonds is 13. The van der Waals surface area contributed by atoms with Crippen LogP contribution in [0.15, 0.2) is 66.5 Å². The minimum atomic E-state index is -0.889. The van der Waals surface area contributed by atoms with E-state index in [1.807, 2.05) is 24.3 Å². The molecule has 2 aromatic carbocycles. The third kappa shape index (κ3) is 38.1. The molecule has 0 saturated heterocycles. The molecule has 26 heteroatoms. The van der Waals surface area contributed by atoms with Gasteiger partial charge in [0, 0.05) is 14.9 Å². The molecule has 14 N–H and O–H groups in total. The second-order valence-corrected chi connectivity index (χ2v) is 12.5. The van der Waals surface area contributed by atoms with Crippen LogP contribution in [0.25, 0.3) is 6.08 Å². The number of methoxy groups -OCH3 is 4. The Morgan fingerprint density at radius 2 is 1.26 bits per heavy atom. The Balaban J connectivity index is -0.000000203. The number of ether oxygens (including phenoxy) is 4. The van der Waals surface area contributed by atoms with Gasteiger partial charge >= 0.3 is 45.0 Å². The van der Waals surface area contributed by atoms with E-state index in [-0.39, 0.29) is 35.7 Å². The van der Waals surface area contributed by atoms with Crippen LogP contribution in [0.5, 0.6) is 0 Å². The quantitative estimate of drug-likeness (QED) is 0.0244. The molecule has 0 bridgehead atoms. The van der Waals surface area contributed by atoms with Crippen LogP contribution in [-0.4, -0.2) is 129 Å². The molecule has 0 radical (unpaired) electrons. The van der Waals surface area contributed by atoms with E-state index in [1.165, 1.54) is 52.5 Å². The summed E-state index contributed by atoms with van der Waals surface area (Å²) in [6, 6.07) is 13.1. The van der Waals surface area contributed by atoms with Gasteiger partial charge in [-0.2, -0.15) is 0 Å². The van der Waals surface area contributed by atoms with E-state index in [0.29, 0.717) is 5.69 Å². The smallest absolute Gasteiger partial charge is 0.407 e. The molecule has 0 fully saturated rings. The fraction of sp³-hybridized carbons (Fsp3) is 0.375. The van der Waals surface area contributed by atoms with Crippen molar-refractivity contribution in [3.8, 4) is 0 Å². The lowest BCUT2D eigenvalue weighted by Crippen LogP contribution is -2.47.